The summed E-state index contributed by atoms with van der Waals surface area (Å²) in [7, 11) is -3.95. The molecule has 47 heavy (non-hydrogen) atoms. The third kappa shape index (κ3) is 6.36. The highest BCUT2D eigenvalue weighted by Crippen LogP contribution is 2.46. The second-order valence-electron chi connectivity index (χ2n) is 11.9. The van der Waals surface area contributed by atoms with E-state index in [0.717, 1.165) is 43.5 Å². The quantitative estimate of drug-likeness (QED) is 0.217. The van der Waals surface area contributed by atoms with Crippen molar-refractivity contribution in [3.63, 3.8) is 0 Å². The van der Waals surface area contributed by atoms with E-state index in [1.54, 1.807) is 23.7 Å². The molecule has 2 N–H and O–H groups in total. The number of aliphatic hydroxyl groups excluding tert-OH is 1. The van der Waals surface area contributed by atoms with Crippen molar-refractivity contribution in [1.29, 1.82) is 0 Å². The highest BCUT2D eigenvalue weighted by Gasteiger charge is 2.42. The standard InChI is InChI=1S/C32H30ClF3N6O3S2/c33-25-15-20(34)5-10-24(25)29-28(26-11-13-42(39-26)32(35)36)27-16-21(17-41(27)30(38-29)31-37-12-14-46-31)40-47(44,45)23-8-3-19(4-9-23)18-1-6-22(43)7-2-18/h3-5,8-15,18,21-22,29,32,40,43H,1-2,6-7,16-17H2/t18?,21-,22?,29-/m0/s1. The van der Waals surface area contributed by atoms with Crippen molar-refractivity contribution in [3.05, 3.63) is 105 Å². The molecule has 9 nitrogen and oxygen atoms in total. The van der Waals surface area contributed by atoms with Crippen LogP contribution in [0.1, 0.15) is 72.4 Å². The molecule has 0 radical (unpaired) electrons. The lowest BCUT2D eigenvalue weighted by atomic mass is 9.83. The van der Waals surface area contributed by atoms with Crippen molar-refractivity contribution in [2.24, 2.45) is 4.99 Å². The van der Waals surface area contributed by atoms with Crippen LogP contribution < -0.4 is 4.72 Å². The van der Waals surface area contributed by atoms with Crippen molar-refractivity contribution >= 4 is 44.4 Å². The lowest BCUT2D eigenvalue weighted by Crippen LogP contribution is -2.39. The zero-order valence-electron chi connectivity index (χ0n) is 24.8. The SMILES string of the molecule is O=S(=O)(N[C@H]1CC2=C(c3ccn(C(F)F)n3)[C@H](c3ccc(F)cc3Cl)N=C(c3nccs3)N2C1)c1ccc(C2CCC(O)CC2)cc1. The van der Waals surface area contributed by atoms with Gasteiger partial charge in [0.05, 0.1) is 16.7 Å². The lowest BCUT2D eigenvalue weighted by Gasteiger charge is -2.32. The number of amidine groups is 1. The topological polar surface area (TPSA) is 113 Å². The molecular formula is C32H30ClF3N6O3S2. The first-order valence-electron chi connectivity index (χ1n) is 15.1. The van der Waals surface area contributed by atoms with Crippen LogP contribution in [0.4, 0.5) is 13.2 Å². The second kappa shape index (κ2) is 12.8. The van der Waals surface area contributed by atoms with Crippen LogP contribution in [0.15, 0.2) is 81.9 Å². The number of hydrogen-bond acceptors (Lipinski definition) is 8. The van der Waals surface area contributed by atoms with E-state index in [1.807, 2.05) is 17.0 Å². The molecule has 1 saturated carbocycles. The van der Waals surface area contributed by atoms with Crippen molar-refractivity contribution in [2.45, 2.75) is 67.7 Å². The summed E-state index contributed by atoms with van der Waals surface area (Å²) < 4.78 is 72.1. The molecule has 7 rings (SSSR count). The number of aromatic nitrogens is 3. The van der Waals surface area contributed by atoms with Crippen LogP contribution in [0, 0.1) is 5.82 Å². The maximum Gasteiger partial charge on any atom is 0.333 e. The number of nitrogens with zero attached hydrogens (tertiary/aromatic N) is 5. The first kappa shape index (κ1) is 32.0. The average molecular weight is 703 g/mol. The van der Waals surface area contributed by atoms with Crippen LogP contribution >= 0.6 is 22.9 Å². The summed E-state index contributed by atoms with van der Waals surface area (Å²) in [6.07, 6.45) is 5.86. The Morgan fingerprint density at radius 2 is 1.83 bits per heavy atom. The Morgan fingerprint density at radius 1 is 1.06 bits per heavy atom. The van der Waals surface area contributed by atoms with Crippen molar-refractivity contribution in [2.75, 3.05) is 6.54 Å². The molecule has 1 saturated heterocycles. The molecule has 2 aromatic carbocycles. The van der Waals surface area contributed by atoms with E-state index in [0.29, 0.717) is 32.4 Å². The zero-order chi connectivity index (χ0) is 32.9. The largest absolute Gasteiger partial charge is 0.393 e. The minimum Gasteiger partial charge on any atom is -0.393 e. The Balaban J connectivity index is 1.25. The Hall–Kier alpha value is -3.56. The minimum atomic E-state index is -3.95. The van der Waals surface area contributed by atoms with Gasteiger partial charge in [-0.25, -0.2) is 27.2 Å². The average Bonchev–Trinajstić information content (AvgIpc) is 3.82. The molecule has 2 fully saturated rings. The van der Waals surface area contributed by atoms with Crippen molar-refractivity contribution < 1.29 is 26.7 Å². The van der Waals surface area contributed by atoms with E-state index >= 15 is 0 Å². The van der Waals surface area contributed by atoms with Crippen LogP contribution in [-0.2, 0) is 10.0 Å². The predicted molar refractivity (Wildman–Crippen MR) is 172 cm³/mol. The number of benzene rings is 2. The van der Waals surface area contributed by atoms with Gasteiger partial charge in [0.15, 0.2) is 10.8 Å². The van der Waals surface area contributed by atoms with E-state index in [-0.39, 0.29) is 40.6 Å². The smallest absolute Gasteiger partial charge is 0.333 e. The van der Waals surface area contributed by atoms with Gasteiger partial charge < -0.3 is 10.0 Å². The molecule has 15 heteroatoms. The highest BCUT2D eigenvalue weighted by molar-refractivity contribution is 7.89. The number of halogens is 4. The van der Waals surface area contributed by atoms with E-state index in [2.05, 4.69) is 14.8 Å². The van der Waals surface area contributed by atoms with Gasteiger partial charge in [0, 0.05) is 58.6 Å². The summed E-state index contributed by atoms with van der Waals surface area (Å²) >= 11 is 7.87. The fourth-order valence-electron chi connectivity index (χ4n) is 6.65. The summed E-state index contributed by atoms with van der Waals surface area (Å²) in [5, 5.41) is 16.4. The lowest BCUT2D eigenvalue weighted by molar-refractivity contribution is 0.0564. The Kier molecular flexibility index (Phi) is 8.72. The van der Waals surface area contributed by atoms with Gasteiger partial charge in [-0.15, -0.1) is 11.3 Å². The van der Waals surface area contributed by atoms with Gasteiger partial charge in [0.25, 0.3) is 0 Å². The molecule has 0 amide bonds. The number of fused-ring (bicyclic) bond motifs is 1. The predicted octanol–water partition coefficient (Wildman–Crippen LogP) is 6.51. The number of hydrogen-bond donors (Lipinski definition) is 2. The molecule has 0 unspecified atom stereocenters. The Bertz CT molecular complexity index is 1940. The monoisotopic (exact) mass is 702 g/mol. The number of alkyl halides is 2. The van der Waals surface area contributed by atoms with Gasteiger partial charge in [-0.05, 0) is 67.5 Å². The third-order valence-electron chi connectivity index (χ3n) is 8.91. The summed E-state index contributed by atoms with van der Waals surface area (Å²) in [6, 6.07) is 10.7. The molecule has 4 aromatic rings. The molecule has 1 aliphatic carbocycles. The Labute approximate surface area is 278 Å². The van der Waals surface area contributed by atoms with Crippen LogP contribution in [-0.4, -0.2) is 57.7 Å². The van der Waals surface area contributed by atoms with E-state index in [1.165, 1.54) is 29.5 Å². The van der Waals surface area contributed by atoms with Crippen molar-refractivity contribution in [3.8, 4) is 0 Å². The van der Waals surface area contributed by atoms with E-state index in [9.17, 15) is 26.7 Å². The zero-order valence-corrected chi connectivity index (χ0v) is 27.2. The fourth-order valence-corrected chi connectivity index (χ4v) is 8.79. The van der Waals surface area contributed by atoms with Gasteiger partial charge in [-0.3, -0.25) is 4.99 Å². The second-order valence-corrected chi connectivity index (χ2v) is 14.9. The maximum atomic E-state index is 14.1. The van der Waals surface area contributed by atoms with Gasteiger partial charge in [0.2, 0.25) is 10.0 Å². The molecule has 3 aliphatic rings. The molecule has 0 spiro atoms. The minimum absolute atomic E-state index is 0.0974. The molecule has 4 heterocycles. The van der Waals surface area contributed by atoms with Gasteiger partial charge >= 0.3 is 6.55 Å². The van der Waals surface area contributed by atoms with E-state index in [4.69, 9.17) is 16.6 Å². The van der Waals surface area contributed by atoms with Gasteiger partial charge in [-0.2, -0.15) is 13.9 Å². The molecule has 2 aliphatic heterocycles. The molecule has 2 atom stereocenters. The summed E-state index contributed by atoms with van der Waals surface area (Å²) in [5.41, 5.74) is 2.78. The van der Waals surface area contributed by atoms with Crippen LogP contribution in [0.25, 0.3) is 5.57 Å². The third-order valence-corrected chi connectivity index (χ3v) is 11.5. The van der Waals surface area contributed by atoms with E-state index < -0.39 is 34.5 Å². The number of rotatable bonds is 8. The number of nitrogens with one attached hydrogen (secondary N) is 1. The Morgan fingerprint density at radius 3 is 2.49 bits per heavy atom. The molecule has 2 aromatic heterocycles. The number of thiazole rings is 1. The summed E-state index contributed by atoms with van der Waals surface area (Å²) in [4.78, 5) is 11.4. The first-order chi connectivity index (χ1) is 22.6. The molecular weight excluding hydrogens is 673 g/mol. The normalized spacial score (nSPS) is 23.4. The summed E-state index contributed by atoms with van der Waals surface area (Å²) in [6.45, 7) is -2.69. The van der Waals surface area contributed by atoms with Crippen LogP contribution in [0.5, 0.6) is 0 Å². The van der Waals surface area contributed by atoms with Gasteiger partial charge in [-0.1, -0.05) is 29.8 Å². The highest BCUT2D eigenvalue weighted by atomic mass is 35.5. The molecule has 246 valence electrons. The number of aliphatic imine (C=N–C) groups is 1. The summed E-state index contributed by atoms with van der Waals surface area (Å²) in [5.74, 6) is 0.192. The van der Waals surface area contributed by atoms with Gasteiger partial charge in [0.1, 0.15) is 11.9 Å². The number of sulfonamides is 1. The fraction of sp³-hybridized carbons (Fsp3) is 0.344. The number of aliphatic hydroxyl groups is 1. The van der Waals surface area contributed by atoms with Crippen LogP contribution in [0.3, 0.4) is 0 Å². The maximum absolute atomic E-state index is 14.1. The van der Waals surface area contributed by atoms with Crippen LogP contribution in [0.2, 0.25) is 5.02 Å². The first-order valence-corrected chi connectivity index (χ1v) is 17.9. The molecule has 0 bridgehead atoms. The van der Waals surface area contributed by atoms with Crippen molar-refractivity contribution in [1.82, 2.24) is 24.4 Å².